The third kappa shape index (κ3) is 2.88. The molecule has 2 atom stereocenters. The first-order valence-electron chi connectivity index (χ1n) is 10.1. The summed E-state index contributed by atoms with van der Waals surface area (Å²) in [4.78, 5) is 17.9. The first kappa shape index (κ1) is 17.0. The number of hydrogen-bond acceptors (Lipinski definition) is 5. The van der Waals surface area contributed by atoms with Crippen molar-refractivity contribution < 1.29 is 9.32 Å². The Hall–Kier alpha value is -2.15. The van der Waals surface area contributed by atoms with Gasteiger partial charge in [0.05, 0.1) is 5.69 Å². The van der Waals surface area contributed by atoms with Gasteiger partial charge in [0.2, 0.25) is 0 Å². The molecule has 0 spiro atoms. The zero-order chi connectivity index (χ0) is 18.5. The summed E-state index contributed by atoms with van der Waals surface area (Å²) in [6.07, 6.45) is 5.41. The van der Waals surface area contributed by atoms with Crippen LogP contribution in [0.2, 0.25) is 0 Å². The molecular formula is C20H27N5O2. The lowest BCUT2D eigenvalue weighted by Crippen LogP contribution is -2.47. The van der Waals surface area contributed by atoms with Gasteiger partial charge in [0, 0.05) is 49.0 Å². The van der Waals surface area contributed by atoms with Gasteiger partial charge < -0.3 is 9.42 Å². The second kappa shape index (κ2) is 6.48. The van der Waals surface area contributed by atoms with Gasteiger partial charge in [-0.2, -0.15) is 5.10 Å². The molecule has 3 fully saturated rings. The van der Waals surface area contributed by atoms with Crippen LogP contribution < -0.4 is 0 Å². The molecule has 3 saturated heterocycles. The van der Waals surface area contributed by atoms with Crippen LogP contribution in [-0.4, -0.2) is 56.7 Å². The molecule has 4 aliphatic rings. The summed E-state index contributed by atoms with van der Waals surface area (Å²) >= 11 is 0. The number of H-pyrrole nitrogens is 1. The van der Waals surface area contributed by atoms with Gasteiger partial charge in [-0.1, -0.05) is 5.16 Å². The second-order valence-corrected chi connectivity index (χ2v) is 8.43. The molecule has 7 nitrogen and oxygen atoms in total. The molecule has 144 valence electrons. The van der Waals surface area contributed by atoms with E-state index in [2.05, 4.69) is 25.2 Å². The van der Waals surface area contributed by atoms with E-state index in [1.807, 2.05) is 13.8 Å². The number of hydrogen-bond donors (Lipinski definition) is 1. The fourth-order valence-corrected chi connectivity index (χ4v) is 5.14. The molecule has 0 saturated carbocycles. The fraction of sp³-hybridized carbons (Fsp3) is 0.650. The van der Waals surface area contributed by atoms with Gasteiger partial charge in [0.25, 0.3) is 5.91 Å². The number of nitrogens with zero attached hydrogens (tertiary/aromatic N) is 4. The van der Waals surface area contributed by atoms with Crippen LogP contribution in [0.1, 0.15) is 58.0 Å². The standard InChI is InChI=1S/C20H27N5O2/c1-12-17(13(2)27-23-12)11-24-8-14-6-7-15(10-24)25(9-14)20(26)19-16-4-3-5-18(16)21-22-19/h14-15H,3-11H2,1-2H3,(H,21,22). The van der Waals surface area contributed by atoms with Crippen LogP contribution in [0.3, 0.4) is 0 Å². The third-order valence-corrected chi connectivity index (χ3v) is 6.62. The quantitative estimate of drug-likeness (QED) is 0.898. The van der Waals surface area contributed by atoms with Gasteiger partial charge in [0.1, 0.15) is 5.76 Å². The predicted octanol–water partition coefficient (Wildman–Crippen LogP) is 2.24. The molecule has 5 heterocycles. The molecule has 3 aliphatic heterocycles. The summed E-state index contributed by atoms with van der Waals surface area (Å²) in [5.41, 5.74) is 5.17. The van der Waals surface area contributed by atoms with Crippen molar-refractivity contribution in [3.05, 3.63) is 34.0 Å². The maximum atomic E-state index is 13.3. The number of carbonyl (C=O) groups excluding carboxylic acids is 1. The van der Waals surface area contributed by atoms with Crippen molar-refractivity contribution >= 4 is 5.91 Å². The maximum Gasteiger partial charge on any atom is 0.274 e. The lowest BCUT2D eigenvalue weighted by atomic mass is 9.94. The lowest BCUT2D eigenvalue weighted by molar-refractivity contribution is 0.0577. The molecule has 27 heavy (non-hydrogen) atoms. The highest BCUT2D eigenvalue weighted by atomic mass is 16.5. The van der Waals surface area contributed by atoms with E-state index in [4.69, 9.17) is 4.52 Å². The van der Waals surface area contributed by atoms with Gasteiger partial charge in [-0.15, -0.1) is 0 Å². The molecule has 2 unspecified atom stereocenters. The van der Waals surface area contributed by atoms with Gasteiger partial charge in [-0.25, -0.2) is 0 Å². The van der Waals surface area contributed by atoms with E-state index in [1.54, 1.807) is 0 Å². The van der Waals surface area contributed by atoms with Gasteiger partial charge >= 0.3 is 0 Å². The summed E-state index contributed by atoms with van der Waals surface area (Å²) in [6, 6.07) is 0.269. The number of amides is 1. The Morgan fingerprint density at radius 1 is 1.22 bits per heavy atom. The second-order valence-electron chi connectivity index (χ2n) is 8.43. The van der Waals surface area contributed by atoms with Crippen LogP contribution in [-0.2, 0) is 19.4 Å². The molecule has 0 aromatic carbocycles. The minimum Gasteiger partial charge on any atom is -0.361 e. The van der Waals surface area contributed by atoms with Crippen molar-refractivity contribution in [2.75, 3.05) is 19.6 Å². The number of aromatic nitrogens is 3. The highest BCUT2D eigenvalue weighted by Gasteiger charge is 2.39. The molecule has 1 aliphatic carbocycles. The van der Waals surface area contributed by atoms with E-state index in [9.17, 15) is 4.79 Å². The van der Waals surface area contributed by atoms with E-state index in [0.717, 1.165) is 68.9 Å². The predicted molar refractivity (Wildman–Crippen MR) is 99.4 cm³/mol. The molecule has 0 radical (unpaired) electrons. The SMILES string of the molecule is Cc1noc(C)c1CN1CC2CCC(C1)N(C(=O)c1n[nH]c3c1CCC3)C2. The van der Waals surface area contributed by atoms with Crippen molar-refractivity contribution in [3.63, 3.8) is 0 Å². The van der Waals surface area contributed by atoms with E-state index in [1.165, 1.54) is 17.7 Å². The van der Waals surface area contributed by atoms with Crippen molar-refractivity contribution in [1.82, 2.24) is 25.2 Å². The number of aromatic amines is 1. The normalized spacial score (nSPS) is 25.0. The fourth-order valence-electron chi connectivity index (χ4n) is 5.14. The van der Waals surface area contributed by atoms with Crippen LogP contribution in [0.4, 0.5) is 0 Å². The Morgan fingerprint density at radius 3 is 2.93 bits per heavy atom. The summed E-state index contributed by atoms with van der Waals surface area (Å²) in [5.74, 6) is 1.56. The van der Waals surface area contributed by atoms with Gasteiger partial charge in [0.15, 0.2) is 5.69 Å². The molecule has 6 rings (SSSR count). The van der Waals surface area contributed by atoms with Crippen LogP contribution in [0, 0.1) is 19.8 Å². The zero-order valence-corrected chi connectivity index (χ0v) is 16.1. The third-order valence-electron chi connectivity index (χ3n) is 6.62. The van der Waals surface area contributed by atoms with Crippen molar-refractivity contribution in [2.45, 2.75) is 58.5 Å². The van der Waals surface area contributed by atoms with Gasteiger partial charge in [-0.3, -0.25) is 14.8 Å². The monoisotopic (exact) mass is 369 g/mol. The van der Waals surface area contributed by atoms with E-state index >= 15 is 0 Å². The molecule has 1 amide bonds. The largest absolute Gasteiger partial charge is 0.361 e. The van der Waals surface area contributed by atoms with E-state index in [-0.39, 0.29) is 11.9 Å². The molecular weight excluding hydrogens is 342 g/mol. The molecule has 7 heteroatoms. The summed E-state index contributed by atoms with van der Waals surface area (Å²) in [7, 11) is 0. The highest BCUT2D eigenvalue weighted by Crippen LogP contribution is 2.32. The van der Waals surface area contributed by atoms with Crippen molar-refractivity contribution in [2.24, 2.45) is 5.92 Å². The van der Waals surface area contributed by atoms with Crippen LogP contribution >= 0.6 is 0 Å². The minimum atomic E-state index is 0.128. The van der Waals surface area contributed by atoms with E-state index < -0.39 is 0 Å². The first-order chi connectivity index (χ1) is 13.1. The molecule has 1 N–H and O–H groups in total. The van der Waals surface area contributed by atoms with Crippen molar-refractivity contribution in [1.29, 1.82) is 0 Å². The number of nitrogens with one attached hydrogen (secondary N) is 1. The van der Waals surface area contributed by atoms with Gasteiger partial charge in [-0.05, 0) is 51.9 Å². The van der Waals surface area contributed by atoms with Crippen LogP contribution in [0.5, 0.6) is 0 Å². The van der Waals surface area contributed by atoms with Crippen LogP contribution in [0.25, 0.3) is 0 Å². The highest BCUT2D eigenvalue weighted by molar-refractivity contribution is 5.94. The number of fused-ring (bicyclic) bond motifs is 5. The Morgan fingerprint density at radius 2 is 2.11 bits per heavy atom. The summed E-state index contributed by atoms with van der Waals surface area (Å²) in [6.45, 7) is 7.64. The first-order valence-corrected chi connectivity index (χ1v) is 10.1. The zero-order valence-electron chi connectivity index (χ0n) is 16.1. The topological polar surface area (TPSA) is 78.3 Å². The summed E-state index contributed by atoms with van der Waals surface area (Å²) < 4.78 is 5.34. The lowest BCUT2D eigenvalue weighted by Gasteiger charge is -2.36. The average Bonchev–Trinajstić information content (AvgIpc) is 3.27. The molecule has 2 bridgehead atoms. The Labute approximate surface area is 159 Å². The van der Waals surface area contributed by atoms with Crippen molar-refractivity contribution in [3.8, 4) is 0 Å². The Kier molecular flexibility index (Phi) is 4.07. The number of rotatable bonds is 3. The molecule has 2 aromatic rings. The minimum absolute atomic E-state index is 0.128. The van der Waals surface area contributed by atoms with Crippen LogP contribution in [0.15, 0.2) is 4.52 Å². The number of piperidine rings is 1. The summed E-state index contributed by atoms with van der Waals surface area (Å²) in [5, 5.41) is 11.6. The Bertz CT molecular complexity index is 850. The smallest absolute Gasteiger partial charge is 0.274 e. The number of carbonyl (C=O) groups is 1. The van der Waals surface area contributed by atoms with E-state index in [0.29, 0.717) is 11.6 Å². The maximum absolute atomic E-state index is 13.3. The number of aryl methyl sites for hydroxylation is 3. The molecule has 2 aromatic heterocycles. The Balaban J connectivity index is 1.36. The average molecular weight is 369 g/mol.